The van der Waals surface area contributed by atoms with E-state index in [-0.39, 0.29) is 0 Å². The predicted molar refractivity (Wildman–Crippen MR) is 77.9 cm³/mol. The monoisotopic (exact) mass is 309 g/mol. The number of nitrogens with zero attached hydrogens (tertiary/aromatic N) is 1. The summed E-state index contributed by atoms with van der Waals surface area (Å²) in [4.78, 5) is 14.3. The number of benzene rings is 1. The number of likely N-dealkylation sites (tertiary alicyclic amines) is 1. The molecule has 0 saturated carbocycles. The Labute approximate surface area is 117 Å². The number of hydrogen-bond acceptors (Lipinski definition) is 1. The third kappa shape index (κ3) is 3.58. The van der Waals surface area contributed by atoms with Crippen molar-refractivity contribution in [3.8, 4) is 0 Å². The van der Waals surface area contributed by atoms with Gasteiger partial charge in [0.05, 0.1) is 0 Å². The second-order valence-corrected chi connectivity index (χ2v) is 5.52. The molecular formula is C15H20BrNO. The summed E-state index contributed by atoms with van der Waals surface area (Å²) in [6, 6.07) is 10.7. The van der Waals surface area contributed by atoms with Crippen molar-refractivity contribution in [1.82, 2.24) is 4.90 Å². The molecule has 1 aromatic carbocycles. The van der Waals surface area contributed by atoms with E-state index >= 15 is 0 Å². The lowest BCUT2D eigenvalue weighted by Gasteiger charge is -2.34. The van der Waals surface area contributed by atoms with Gasteiger partial charge in [-0.15, -0.1) is 0 Å². The molecular weight excluding hydrogens is 290 g/mol. The van der Waals surface area contributed by atoms with Crippen LogP contribution < -0.4 is 0 Å². The van der Waals surface area contributed by atoms with E-state index in [0.29, 0.717) is 18.4 Å². The molecule has 0 bridgehead atoms. The van der Waals surface area contributed by atoms with E-state index in [2.05, 4.69) is 33.0 Å². The maximum Gasteiger partial charge on any atom is 0.223 e. The molecule has 1 fully saturated rings. The minimum atomic E-state index is 0.308. The fraction of sp³-hybridized carbons (Fsp3) is 0.533. The van der Waals surface area contributed by atoms with E-state index in [0.717, 1.165) is 31.1 Å². The van der Waals surface area contributed by atoms with Crippen LogP contribution in [0.25, 0.3) is 0 Å². The van der Waals surface area contributed by atoms with Gasteiger partial charge in [-0.05, 0) is 31.2 Å². The Morgan fingerprint density at radius 1 is 1.28 bits per heavy atom. The van der Waals surface area contributed by atoms with Crippen LogP contribution in [0.15, 0.2) is 30.3 Å². The van der Waals surface area contributed by atoms with Gasteiger partial charge in [0.15, 0.2) is 0 Å². The van der Waals surface area contributed by atoms with Crippen molar-refractivity contribution in [2.24, 2.45) is 0 Å². The number of alkyl halides is 1. The van der Waals surface area contributed by atoms with Crippen LogP contribution in [0.2, 0.25) is 0 Å². The van der Waals surface area contributed by atoms with Gasteiger partial charge in [0.25, 0.3) is 0 Å². The van der Waals surface area contributed by atoms with Crippen LogP contribution in [-0.2, 0) is 11.2 Å². The lowest BCUT2D eigenvalue weighted by Crippen LogP contribution is -2.44. The van der Waals surface area contributed by atoms with E-state index in [9.17, 15) is 4.79 Å². The Balaban J connectivity index is 1.87. The number of aryl methyl sites for hydroxylation is 1. The van der Waals surface area contributed by atoms with Gasteiger partial charge < -0.3 is 4.90 Å². The number of hydrogen-bond donors (Lipinski definition) is 0. The summed E-state index contributed by atoms with van der Waals surface area (Å²) in [6.07, 6.45) is 5.03. The van der Waals surface area contributed by atoms with Gasteiger partial charge in [-0.1, -0.05) is 46.3 Å². The van der Waals surface area contributed by atoms with Gasteiger partial charge in [-0.2, -0.15) is 0 Å². The van der Waals surface area contributed by atoms with Crippen molar-refractivity contribution < 1.29 is 4.79 Å². The standard InChI is InChI=1S/C15H20BrNO/c16-12-14-8-4-5-11-17(14)15(18)10-9-13-6-2-1-3-7-13/h1-3,6-7,14H,4-5,8-12H2. The molecule has 1 aliphatic heterocycles. The molecule has 1 unspecified atom stereocenters. The molecule has 2 nitrogen and oxygen atoms in total. The first kappa shape index (κ1) is 13.6. The highest BCUT2D eigenvalue weighted by atomic mass is 79.9. The summed E-state index contributed by atoms with van der Waals surface area (Å²) in [5.74, 6) is 0.308. The summed E-state index contributed by atoms with van der Waals surface area (Å²) in [5.41, 5.74) is 1.25. The van der Waals surface area contributed by atoms with Crippen molar-refractivity contribution in [2.45, 2.75) is 38.1 Å². The second kappa shape index (κ2) is 6.93. The highest BCUT2D eigenvalue weighted by Gasteiger charge is 2.25. The van der Waals surface area contributed by atoms with E-state index in [1.807, 2.05) is 18.2 Å². The van der Waals surface area contributed by atoms with Gasteiger partial charge in [-0.25, -0.2) is 0 Å². The lowest BCUT2D eigenvalue weighted by atomic mass is 10.0. The lowest BCUT2D eigenvalue weighted by molar-refractivity contribution is -0.134. The molecule has 3 heteroatoms. The van der Waals surface area contributed by atoms with E-state index in [1.165, 1.54) is 12.0 Å². The molecule has 1 heterocycles. The van der Waals surface area contributed by atoms with Gasteiger partial charge >= 0.3 is 0 Å². The van der Waals surface area contributed by atoms with E-state index in [4.69, 9.17) is 0 Å². The molecule has 0 aromatic heterocycles. The smallest absolute Gasteiger partial charge is 0.223 e. The fourth-order valence-electron chi connectivity index (χ4n) is 2.53. The van der Waals surface area contributed by atoms with Crippen LogP contribution in [-0.4, -0.2) is 28.7 Å². The van der Waals surface area contributed by atoms with Crippen LogP contribution in [0, 0.1) is 0 Å². The minimum Gasteiger partial charge on any atom is -0.339 e. The second-order valence-electron chi connectivity index (χ2n) is 4.88. The number of carbonyl (C=O) groups is 1. The van der Waals surface area contributed by atoms with Gasteiger partial charge in [-0.3, -0.25) is 4.79 Å². The average Bonchev–Trinajstić information content (AvgIpc) is 2.45. The van der Waals surface area contributed by atoms with Crippen molar-refractivity contribution in [2.75, 3.05) is 11.9 Å². The molecule has 1 amide bonds. The summed E-state index contributed by atoms with van der Waals surface area (Å²) in [7, 11) is 0. The zero-order valence-electron chi connectivity index (χ0n) is 10.6. The third-order valence-corrected chi connectivity index (χ3v) is 4.34. The highest BCUT2D eigenvalue weighted by Crippen LogP contribution is 2.20. The van der Waals surface area contributed by atoms with Crippen LogP contribution >= 0.6 is 15.9 Å². The Hall–Kier alpha value is -0.830. The van der Waals surface area contributed by atoms with Crippen molar-refractivity contribution >= 4 is 21.8 Å². The largest absolute Gasteiger partial charge is 0.339 e. The summed E-state index contributed by atoms with van der Waals surface area (Å²) < 4.78 is 0. The molecule has 1 aromatic rings. The number of piperidine rings is 1. The Bertz CT molecular complexity index is 379. The first-order valence-corrected chi connectivity index (χ1v) is 7.83. The SMILES string of the molecule is O=C(CCc1ccccc1)N1CCCCC1CBr. The van der Waals surface area contributed by atoms with Crippen LogP contribution in [0.5, 0.6) is 0 Å². The van der Waals surface area contributed by atoms with Crippen LogP contribution in [0.1, 0.15) is 31.2 Å². The number of amides is 1. The van der Waals surface area contributed by atoms with Gasteiger partial charge in [0.1, 0.15) is 0 Å². The van der Waals surface area contributed by atoms with Crippen molar-refractivity contribution in [3.05, 3.63) is 35.9 Å². The maximum atomic E-state index is 12.2. The summed E-state index contributed by atoms with van der Waals surface area (Å²) in [5, 5.41) is 0.907. The zero-order valence-corrected chi connectivity index (χ0v) is 12.2. The quantitative estimate of drug-likeness (QED) is 0.781. The molecule has 0 spiro atoms. The number of carbonyl (C=O) groups excluding carboxylic acids is 1. The van der Waals surface area contributed by atoms with E-state index in [1.54, 1.807) is 0 Å². The maximum absolute atomic E-state index is 12.2. The Kier molecular flexibility index (Phi) is 5.24. The fourth-order valence-corrected chi connectivity index (χ4v) is 3.20. The molecule has 0 radical (unpaired) electrons. The third-order valence-electron chi connectivity index (χ3n) is 3.60. The van der Waals surface area contributed by atoms with Gasteiger partial charge in [0, 0.05) is 24.3 Å². The van der Waals surface area contributed by atoms with Crippen LogP contribution in [0.3, 0.4) is 0 Å². The van der Waals surface area contributed by atoms with E-state index < -0.39 is 0 Å². The molecule has 1 aliphatic rings. The molecule has 0 N–H and O–H groups in total. The molecule has 1 saturated heterocycles. The normalized spacial score (nSPS) is 19.8. The summed E-state index contributed by atoms with van der Waals surface area (Å²) >= 11 is 3.52. The minimum absolute atomic E-state index is 0.308. The first-order valence-electron chi connectivity index (χ1n) is 6.70. The first-order chi connectivity index (χ1) is 8.81. The topological polar surface area (TPSA) is 20.3 Å². The Morgan fingerprint density at radius 3 is 2.78 bits per heavy atom. The Morgan fingerprint density at radius 2 is 2.06 bits per heavy atom. The molecule has 1 atom stereocenters. The number of halogens is 1. The van der Waals surface area contributed by atoms with Crippen LogP contribution in [0.4, 0.5) is 0 Å². The average molecular weight is 310 g/mol. The number of rotatable bonds is 4. The van der Waals surface area contributed by atoms with Crippen molar-refractivity contribution in [3.63, 3.8) is 0 Å². The summed E-state index contributed by atoms with van der Waals surface area (Å²) in [6.45, 7) is 0.934. The predicted octanol–water partition coefficient (Wildman–Crippen LogP) is 3.40. The molecule has 98 valence electrons. The molecule has 18 heavy (non-hydrogen) atoms. The highest BCUT2D eigenvalue weighted by molar-refractivity contribution is 9.09. The van der Waals surface area contributed by atoms with Gasteiger partial charge in [0.2, 0.25) is 5.91 Å². The molecule has 2 rings (SSSR count). The molecule has 0 aliphatic carbocycles. The zero-order chi connectivity index (χ0) is 12.8. The van der Waals surface area contributed by atoms with Crippen molar-refractivity contribution in [1.29, 1.82) is 0 Å².